The van der Waals surface area contributed by atoms with Crippen LogP contribution in [0.5, 0.6) is 5.75 Å². The maximum absolute atomic E-state index is 5.18. The lowest BCUT2D eigenvalue weighted by atomic mass is 10.2. The second-order valence-electron chi connectivity index (χ2n) is 4.51. The van der Waals surface area contributed by atoms with Gasteiger partial charge in [-0.05, 0) is 48.5 Å². The van der Waals surface area contributed by atoms with Gasteiger partial charge in [0.2, 0.25) is 0 Å². The summed E-state index contributed by atoms with van der Waals surface area (Å²) in [6.45, 7) is 0. The largest absolute Gasteiger partial charge is 0.497 e. The Morgan fingerprint density at radius 1 is 0.947 bits per heavy atom. The lowest BCUT2D eigenvalue weighted by Gasteiger charge is -2.19. The number of anilines is 2. The van der Waals surface area contributed by atoms with Crippen molar-refractivity contribution in [3.05, 3.63) is 54.7 Å². The quantitative estimate of drug-likeness (QED) is 0.764. The van der Waals surface area contributed by atoms with Crippen LogP contribution in [0, 0.1) is 0 Å². The minimum atomic E-state index is 0.873. The zero-order chi connectivity index (χ0) is 13.2. The van der Waals surface area contributed by atoms with Gasteiger partial charge in [0.1, 0.15) is 5.75 Å². The maximum Gasteiger partial charge on any atom is 0.119 e. The fraction of sp³-hybridized carbons (Fsp3) is 0.125. The molecule has 0 spiro atoms. The third-order valence-electron chi connectivity index (χ3n) is 3.38. The van der Waals surface area contributed by atoms with E-state index in [9.17, 15) is 0 Å². The highest BCUT2D eigenvalue weighted by Crippen LogP contribution is 2.27. The van der Waals surface area contributed by atoms with Crippen LogP contribution in [0.3, 0.4) is 0 Å². The van der Waals surface area contributed by atoms with Crippen LogP contribution < -0.4 is 9.64 Å². The van der Waals surface area contributed by atoms with E-state index in [2.05, 4.69) is 53.3 Å². The minimum absolute atomic E-state index is 0.873. The van der Waals surface area contributed by atoms with Crippen LogP contribution in [-0.4, -0.2) is 19.1 Å². The molecule has 0 aliphatic carbocycles. The molecule has 1 heterocycles. The van der Waals surface area contributed by atoms with E-state index >= 15 is 0 Å². The topological polar surface area (TPSA) is 28.3 Å². The number of hydrogen-bond donors (Lipinski definition) is 1. The third kappa shape index (κ3) is 2.15. The van der Waals surface area contributed by atoms with Crippen molar-refractivity contribution < 1.29 is 4.74 Å². The Bertz CT molecular complexity index is 685. The lowest BCUT2D eigenvalue weighted by molar-refractivity contribution is 0.415. The van der Waals surface area contributed by atoms with Crippen molar-refractivity contribution in [1.29, 1.82) is 0 Å². The molecule has 0 unspecified atom stereocenters. The average molecular weight is 252 g/mol. The molecule has 0 saturated heterocycles. The molecule has 3 aromatic rings. The van der Waals surface area contributed by atoms with E-state index in [0.717, 1.165) is 22.6 Å². The first-order valence-electron chi connectivity index (χ1n) is 6.23. The summed E-state index contributed by atoms with van der Waals surface area (Å²) >= 11 is 0. The van der Waals surface area contributed by atoms with Gasteiger partial charge in [-0.2, -0.15) is 0 Å². The Kier molecular flexibility index (Phi) is 2.88. The molecule has 3 nitrogen and oxygen atoms in total. The van der Waals surface area contributed by atoms with Crippen LogP contribution in [0.25, 0.3) is 10.9 Å². The predicted octanol–water partition coefficient (Wildman–Crippen LogP) is 3.94. The van der Waals surface area contributed by atoms with Crippen LogP contribution in [-0.2, 0) is 0 Å². The summed E-state index contributed by atoms with van der Waals surface area (Å²) in [5.74, 6) is 0.873. The number of benzene rings is 2. The molecule has 0 bridgehead atoms. The number of H-pyrrole nitrogens is 1. The summed E-state index contributed by atoms with van der Waals surface area (Å²) in [7, 11) is 3.74. The molecule has 1 N–H and O–H groups in total. The molecule has 0 aliphatic heterocycles. The first-order chi connectivity index (χ1) is 9.28. The van der Waals surface area contributed by atoms with E-state index in [-0.39, 0.29) is 0 Å². The van der Waals surface area contributed by atoms with E-state index in [1.54, 1.807) is 7.11 Å². The van der Waals surface area contributed by atoms with Crippen molar-refractivity contribution in [2.45, 2.75) is 0 Å². The molecule has 0 saturated carbocycles. The predicted molar refractivity (Wildman–Crippen MR) is 79.4 cm³/mol. The number of rotatable bonds is 3. The molecule has 0 radical (unpaired) electrons. The fourth-order valence-corrected chi connectivity index (χ4v) is 2.20. The highest BCUT2D eigenvalue weighted by Gasteiger charge is 2.05. The molecular formula is C16H16N2O. The van der Waals surface area contributed by atoms with Gasteiger partial charge >= 0.3 is 0 Å². The van der Waals surface area contributed by atoms with Crippen LogP contribution in [0.4, 0.5) is 11.4 Å². The van der Waals surface area contributed by atoms with Crippen molar-refractivity contribution in [1.82, 2.24) is 4.98 Å². The van der Waals surface area contributed by atoms with E-state index in [1.165, 1.54) is 5.39 Å². The first kappa shape index (κ1) is 11.7. The molecule has 96 valence electrons. The van der Waals surface area contributed by atoms with Gasteiger partial charge in [-0.25, -0.2) is 0 Å². The van der Waals surface area contributed by atoms with Gasteiger partial charge in [0.15, 0.2) is 0 Å². The highest BCUT2D eigenvalue weighted by atomic mass is 16.5. The Hall–Kier alpha value is -2.42. The zero-order valence-electron chi connectivity index (χ0n) is 11.1. The molecule has 2 aromatic carbocycles. The number of nitrogens with zero attached hydrogens (tertiary/aromatic N) is 1. The Labute approximate surface area is 112 Å². The molecule has 0 amide bonds. The molecule has 0 atom stereocenters. The van der Waals surface area contributed by atoms with Crippen LogP contribution in [0.15, 0.2) is 54.7 Å². The molecule has 19 heavy (non-hydrogen) atoms. The van der Waals surface area contributed by atoms with Gasteiger partial charge in [-0.1, -0.05) is 0 Å². The van der Waals surface area contributed by atoms with Crippen LogP contribution in [0.1, 0.15) is 0 Å². The van der Waals surface area contributed by atoms with Crippen LogP contribution >= 0.6 is 0 Å². The molecule has 0 fully saturated rings. The normalized spacial score (nSPS) is 10.6. The van der Waals surface area contributed by atoms with Crippen molar-refractivity contribution in [2.75, 3.05) is 19.1 Å². The summed E-state index contributed by atoms with van der Waals surface area (Å²) in [4.78, 5) is 5.36. The van der Waals surface area contributed by atoms with Crippen molar-refractivity contribution in [3.63, 3.8) is 0 Å². The van der Waals surface area contributed by atoms with Crippen LogP contribution in [0.2, 0.25) is 0 Å². The number of methoxy groups -OCH3 is 1. The third-order valence-corrected chi connectivity index (χ3v) is 3.38. The standard InChI is InChI=1S/C16H16N2O/c1-18(13-3-6-15(19-2)7-4-13)14-5-8-16-12(11-14)9-10-17-16/h3-11,17H,1-2H3. The monoisotopic (exact) mass is 252 g/mol. The number of aromatic amines is 1. The summed E-state index contributed by atoms with van der Waals surface area (Å²) in [6, 6.07) is 16.5. The lowest BCUT2D eigenvalue weighted by Crippen LogP contribution is -2.08. The fourth-order valence-electron chi connectivity index (χ4n) is 2.20. The molecule has 3 rings (SSSR count). The Morgan fingerprint density at radius 2 is 1.68 bits per heavy atom. The smallest absolute Gasteiger partial charge is 0.119 e. The summed E-state index contributed by atoms with van der Waals surface area (Å²) in [5, 5.41) is 1.22. The molecule has 0 aliphatic rings. The van der Waals surface area contributed by atoms with E-state index < -0.39 is 0 Å². The van der Waals surface area contributed by atoms with Gasteiger partial charge < -0.3 is 14.6 Å². The maximum atomic E-state index is 5.18. The van der Waals surface area contributed by atoms with E-state index in [4.69, 9.17) is 4.74 Å². The number of ether oxygens (including phenoxy) is 1. The van der Waals surface area contributed by atoms with Crippen molar-refractivity contribution in [2.24, 2.45) is 0 Å². The van der Waals surface area contributed by atoms with Gasteiger partial charge in [-0.15, -0.1) is 0 Å². The van der Waals surface area contributed by atoms with Crippen molar-refractivity contribution in [3.8, 4) is 5.75 Å². The average Bonchev–Trinajstić information content (AvgIpc) is 2.94. The minimum Gasteiger partial charge on any atom is -0.497 e. The summed E-state index contributed by atoms with van der Waals surface area (Å²) < 4.78 is 5.18. The molecular weight excluding hydrogens is 236 g/mol. The van der Waals surface area contributed by atoms with E-state index in [1.807, 2.05) is 18.3 Å². The first-order valence-corrected chi connectivity index (χ1v) is 6.23. The number of hydrogen-bond acceptors (Lipinski definition) is 2. The van der Waals surface area contributed by atoms with Gasteiger partial charge in [-0.3, -0.25) is 0 Å². The summed E-state index contributed by atoms with van der Waals surface area (Å²) in [6.07, 6.45) is 1.96. The van der Waals surface area contributed by atoms with Gasteiger partial charge in [0.25, 0.3) is 0 Å². The Morgan fingerprint density at radius 3 is 2.42 bits per heavy atom. The Balaban J connectivity index is 1.94. The van der Waals surface area contributed by atoms with Gasteiger partial charge in [0.05, 0.1) is 7.11 Å². The molecule has 1 aromatic heterocycles. The zero-order valence-corrected chi connectivity index (χ0v) is 11.1. The second kappa shape index (κ2) is 4.69. The second-order valence-corrected chi connectivity index (χ2v) is 4.51. The highest BCUT2D eigenvalue weighted by molar-refractivity contribution is 5.84. The number of nitrogens with one attached hydrogen (secondary N) is 1. The van der Waals surface area contributed by atoms with Gasteiger partial charge in [0, 0.05) is 35.5 Å². The van der Waals surface area contributed by atoms with Crippen molar-refractivity contribution >= 4 is 22.3 Å². The number of fused-ring (bicyclic) bond motifs is 1. The SMILES string of the molecule is COc1ccc(N(C)c2ccc3[nH]ccc3c2)cc1. The summed E-state index contributed by atoms with van der Waals surface area (Å²) in [5.41, 5.74) is 3.46. The molecule has 3 heteroatoms. The number of aromatic nitrogens is 1. The van der Waals surface area contributed by atoms with E-state index in [0.29, 0.717) is 0 Å².